The number of hydrogen-bond donors (Lipinski definition) is 1. The van der Waals surface area contributed by atoms with Crippen molar-refractivity contribution in [2.45, 2.75) is 38.6 Å². The van der Waals surface area contributed by atoms with Crippen LogP contribution in [0.1, 0.15) is 36.8 Å². The molecular formula is C17H19N3O2. The zero-order valence-electron chi connectivity index (χ0n) is 12.6. The van der Waals surface area contributed by atoms with Crippen LogP contribution >= 0.6 is 0 Å². The molecule has 0 fully saturated rings. The van der Waals surface area contributed by atoms with Gasteiger partial charge in [0.2, 0.25) is 5.91 Å². The van der Waals surface area contributed by atoms with Gasteiger partial charge >= 0.3 is 0 Å². The van der Waals surface area contributed by atoms with Gasteiger partial charge in [-0.15, -0.1) is 0 Å². The van der Waals surface area contributed by atoms with E-state index in [4.69, 9.17) is 0 Å². The van der Waals surface area contributed by atoms with Gasteiger partial charge in [0.15, 0.2) is 0 Å². The maximum atomic E-state index is 12.6. The molecule has 1 aliphatic carbocycles. The monoisotopic (exact) mass is 297 g/mol. The van der Waals surface area contributed by atoms with E-state index in [-0.39, 0.29) is 23.1 Å². The van der Waals surface area contributed by atoms with Crippen LogP contribution in [0.2, 0.25) is 0 Å². The molecule has 22 heavy (non-hydrogen) atoms. The number of hydrogen-bond acceptors (Lipinski definition) is 3. The number of fused-ring (bicyclic) bond motifs is 1. The second kappa shape index (κ2) is 6.13. The van der Waals surface area contributed by atoms with E-state index in [0.29, 0.717) is 6.54 Å². The van der Waals surface area contributed by atoms with E-state index in [9.17, 15) is 9.59 Å². The van der Waals surface area contributed by atoms with Crippen molar-refractivity contribution in [2.75, 3.05) is 5.32 Å². The molecule has 0 bridgehead atoms. The summed E-state index contributed by atoms with van der Waals surface area (Å²) in [5, 5.41) is 2.76. The van der Waals surface area contributed by atoms with Crippen molar-refractivity contribution in [1.82, 2.24) is 9.55 Å². The molecule has 1 aromatic carbocycles. The fourth-order valence-electron chi connectivity index (χ4n) is 3.01. The lowest BCUT2D eigenvalue weighted by molar-refractivity contribution is -0.117. The SMILES string of the molecule is CCn1cncc(NC(=O)C2CCCc3ccccc32)c1=O. The van der Waals surface area contributed by atoms with Gasteiger partial charge in [0, 0.05) is 6.54 Å². The van der Waals surface area contributed by atoms with Crippen LogP contribution in [0.3, 0.4) is 0 Å². The standard InChI is InChI=1S/C17H19N3O2/c1-2-20-11-18-10-15(17(20)22)19-16(21)14-9-5-7-12-6-3-4-8-13(12)14/h3-4,6,8,10-11,14H,2,5,7,9H2,1H3,(H,19,21). The number of aryl methyl sites for hydroxylation is 2. The lowest BCUT2D eigenvalue weighted by Gasteiger charge is -2.24. The minimum Gasteiger partial charge on any atom is -0.320 e. The van der Waals surface area contributed by atoms with E-state index >= 15 is 0 Å². The number of anilines is 1. The summed E-state index contributed by atoms with van der Waals surface area (Å²) >= 11 is 0. The molecule has 1 unspecified atom stereocenters. The molecule has 5 heteroatoms. The number of aromatic nitrogens is 2. The molecule has 3 rings (SSSR count). The Hall–Kier alpha value is -2.43. The number of amides is 1. The quantitative estimate of drug-likeness (QED) is 0.945. The second-order valence-electron chi connectivity index (χ2n) is 5.53. The summed E-state index contributed by atoms with van der Waals surface area (Å²) in [5.41, 5.74) is 2.34. The number of carbonyl (C=O) groups is 1. The van der Waals surface area contributed by atoms with E-state index in [2.05, 4.69) is 16.4 Å². The molecule has 0 spiro atoms. The predicted octanol–water partition coefficient (Wildman–Crippen LogP) is 2.32. The lowest BCUT2D eigenvalue weighted by Crippen LogP contribution is -2.30. The molecule has 1 aliphatic rings. The van der Waals surface area contributed by atoms with Crippen LogP contribution in [-0.2, 0) is 17.8 Å². The molecule has 1 atom stereocenters. The molecular weight excluding hydrogens is 278 g/mol. The minimum absolute atomic E-state index is 0.125. The van der Waals surface area contributed by atoms with Gasteiger partial charge in [-0.25, -0.2) is 4.98 Å². The average Bonchev–Trinajstić information content (AvgIpc) is 2.56. The zero-order valence-corrected chi connectivity index (χ0v) is 12.6. The van der Waals surface area contributed by atoms with E-state index in [1.165, 1.54) is 22.7 Å². The van der Waals surface area contributed by atoms with Gasteiger partial charge in [0.1, 0.15) is 5.69 Å². The first-order valence-electron chi connectivity index (χ1n) is 7.63. The highest BCUT2D eigenvalue weighted by Crippen LogP contribution is 2.32. The largest absolute Gasteiger partial charge is 0.320 e. The third-order valence-electron chi connectivity index (χ3n) is 4.19. The van der Waals surface area contributed by atoms with Gasteiger partial charge in [-0.2, -0.15) is 0 Å². The van der Waals surface area contributed by atoms with Gasteiger partial charge < -0.3 is 5.32 Å². The van der Waals surface area contributed by atoms with Gasteiger partial charge in [-0.1, -0.05) is 24.3 Å². The minimum atomic E-state index is -0.213. The van der Waals surface area contributed by atoms with Crippen LogP contribution in [0.15, 0.2) is 41.6 Å². The highest BCUT2D eigenvalue weighted by molar-refractivity contribution is 5.96. The van der Waals surface area contributed by atoms with Crippen LogP contribution in [0.4, 0.5) is 5.69 Å². The normalized spacial score (nSPS) is 16.9. The molecule has 114 valence electrons. The number of rotatable bonds is 3. The predicted molar refractivity (Wildman–Crippen MR) is 84.9 cm³/mol. The first kappa shape index (κ1) is 14.5. The molecule has 0 saturated carbocycles. The maximum Gasteiger partial charge on any atom is 0.277 e. The van der Waals surface area contributed by atoms with Crippen molar-refractivity contribution < 1.29 is 4.79 Å². The molecule has 1 heterocycles. The Labute approximate surface area is 129 Å². The van der Waals surface area contributed by atoms with Crippen molar-refractivity contribution in [1.29, 1.82) is 0 Å². The van der Waals surface area contributed by atoms with Crippen LogP contribution < -0.4 is 10.9 Å². The zero-order chi connectivity index (χ0) is 15.5. The van der Waals surface area contributed by atoms with Crippen molar-refractivity contribution in [3.63, 3.8) is 0 Å². The summed E-state index contributed by atoms with van der Waals surface area (Å²) in [7, 11) is 0. The van der Waals surface area contributed by atoms with Crippen LogP contribution in [0, 0.1) is 0 Å². The lowest BCUT2D eigenvalue weighted by atomic mass is 9.82. The van der Waals surface area contributed by atoms with E-state index in [0.717, 1.165) is 24.8 Å². The molecule has 0 radical (unpaired) electrons. The molecule has 0 saturated heterocycles. The van der Waals surface area contributed by atoms with Crippen molar-refractivity contribution in [3.8, 4) is 0 Å². The first-order valence-corrected chi connectivity index (χ1v) is 7.63. The molecule has 2 aromatic rings. The van der Waals surface area contributed by atoms with Gasteiger partial charge in [-0.05, 0) is 37.3 Å². The van der Waals surface area contributed by atoms with Crippen LogP contribution in [0.5, 0.6) is 0 Å². The average molecular weight is 297 g/mol. The van der Waals surface area contributed by atoms with E-state index in [1.54, 1.807) is 0 Å². The van der Waals surface area contributed by atoms with Crippen molar-refractivity contribution in [3.05, 3.63) is 58.3 Å². The number of benzene rings is 1. The smallest absolute Gasteiger partial charge is 0.277 e. The fourth-order valence-corrected chi connectivity index (χ4v) is 3.01. The van der Waals surface area contributed by atoms with Gasteiger partial charge in [0.25, 0.3) is 5.56 Å². The Balaban J connectivity index is 1.86. The summed E-state index contributed by atoms with van der Waals surface area (Å²) < 4.78 is 1.48. The van der Waals surface area contributed by atoms with E-state index < -0.39 is 0 Å². The van der Waals surface area contributed by atoms with Crippen LogP contribution in [0.25, 0.3) is 0 Å². The molecule has 1 aromatic heterocycles. The molecule has 1 N–H and O–H groups in total. The maximum absolute atomic E-state index is 12.6. The summed E-state index contributed by atoms with van der Waals surface area (Å²) in [6.07, 6.45) is 5.71. The van der Waals surface area contributed by atoms with Gasteiger partial charge in [-0.3, -0.25) is 14.2 Å². The Kier molecular flexibility index (Phi) is 4.04. The third kappa shape index (κ3) is 2.66. The topological polar surface area (TPSA) is 64.0 Å². The Morgan fingerprint density at radius 2 is 2.23 bits per heavy atom. The highest BCUT2D eigenvalue weighted by Gasteiger charge is 2.26. The second-order valence-corrected chi connectivity index (χ2v) is 5.53. The third-order valence-corrected chi connectivity index (χ3v) is 4.19. The fraction of sp³-hybridized carbons (Fsp3) is 0.353. The molecule has 1 amide bonds. The Morgan fingerprint density at radius 1 is 1.41 bits per heavy atom. The number of nitrogens with one attached hydrogen (secondary N) is 1. The Bertz CT molecular complexity index is 752. The Morgan fingerprint density at radius 3 is 3.05 bits per heavy atom. The first-order chi connectivity index (χ1) is 10.7. The number of nitrogens with zero attached hydrogens (tertiary/aromatic N) is 2. The molecule has 5 nitrogen and oxygen atoms in total. The summed E-state index contributed by atoms with van der Waals surface area (Å²) in [5.74, 6) is -0.320. The van der Waals surface area contributed by atoms with Crippen LogP contribution in [-0.4, -0.2) is 15.5 Å². The highest BCUT2D eigenvalue weighted by atomic mass is 16.2. The van der Waals surface area contributed by atoms with Crippen molar-refractivity contribution >= 4 is 11.6 Å². The molecule has 0 aliphatic heterocycles. The van der Waals surface area contributed by atoms with E-state index in [1.807, 2.05) is 25.1 Å². The summed E-state index contributed by atoms with van der Waals surface area (Å²) in [4.78, 5) is 28.8. The summed E-state index contributed by atoms with van der Waals surface area (Å²) in [6.45, 7) is 2.40. The van der Waals surface area contributed by atoms with Gasteiger partial charge in [0.05, 0.1) is 18.4 Å². The summed E-state index contributed by atoms with van der Waals surface area (Å²) in [6, 6.07) is 8.04. The van der Waals surface area contributed by atoms with Crippen molar-refractivity contribution in [2.24, 2.45) is 0 Å². The number of carbonyl (C=O) groups excluding carboxylic acids is 1.